The standard InChI is InChI=1S/C34H29FN2O10/c35-27-12-6-23(7-13-27)31-30(21-44-18-22-4-2-1-3-5-22)26(19-45-32(38)24-8-14-28(15-9-24)36(40)41)20-46-34(31)47-33(39)25-10-16-29(17-11-25)37(42)43/h1-17,26,30-31,34H,18-21H2. The number of nitrogens with zero attached hydrogens (tertiary/aromatic N) is 2. The fourth-order valence-corrected chi connectivity index (χ4v) is 5.31. The average molecular weight is 645 g/mol. The first-order valence-corrected chi connectivity index (χ1v) is 14.6. The Labute approximate surface area is 267 Å². The molecule has 1 aliphatic heterocycles. The van der Waals surface area contributed by atoms with Crippen molar-refractivity contribution in [2.45, 2.75) is 18.8 Å². The van der Waals surface area contributed by atoms with Crippen LogP contribution in [-0.4, -0.2) is 47.9 Å². The van der Waals surface area contributed by atoms with Crippen LogP contribution in [-0.2, 0) is 25.6 Å². The minimum Gasteiger partial charge on any atom is -0.462 e. The molecule has 0 radical (unpaired) electrons. The molecule has 1 aliphatic rings. The van der Waals surface area contributed by atoms with E-state index in [2.05, 4.69) is 0 Å². The van der Waals surface area contributed by atoms with E-state index in [9.17, 15) is 34.2 Å². The van der Waals surface area contributed by atoms with Gasteiger partial charge in [0, 0.05) is 36.1 Å². The van der Waals surface area contributed by atoms with E-state index in [0.29, 0.717) is 5.56 Å². The minimum absolute atomic E-state index is 0.0111. The summed E-state index contributed by atoms with van der Waals surface area (Å²) in [5.74, 6) is -3.62. The molecular weight excluding hydrogens is 615 g/mol. The van der Waals surface area contributed by atoms with Crippen LogP contribution in [0.15, 0.2) is 103 Å². The zero-order valence-electron chi connectivity index (χ0n) is 24.8. The minimum atomic E-state index is -1.17. The van der Waals surface area contributed by atoms with Crippen LogP contribution in [0.3, 0.4) is 0 Å². The molecule has 12 nitrogen and oxygen atoms in total. The summed E-state index contributed by atoms with van der Waals surface area (Å²) in [6.07, 6.45) is -1.17. The number of rotatable bonds is 12. The predicted molar refractivity (Wildman–Crippen MR) is 164 cm³/mol. The molecular formula is C34H29FN2O10. The van der Waals surface area contributed by atoms with Gasteiger partial charge < -0.3 is 18.9 Å². The van der Waals surface area contributed by atoms with Crippen LogP contribution in [0.2, 0.25) is 0 Å². The zero-order chi connectivity index (χ0) is 33.3. The third kappa shape index (κ3) is 8.39. The molecule has 5 rings (SSSR count). The molecule has 0 saturated carbocycles. The monoisotopic (exact) mass is 644 g/mol. The van der Waals surface area contributed by atoms with E-state index in [4.69, 9.17) is 18.9 Å². The average Bonchev–Trinajstić information content (AvgIpc) is 3.08. The van der Waals surface area contributed by atoms with Gasteiger partial charge in [0.05, 0.1) is 53.3 Å². The summed E-state index contributed by atoms with van der Waals surface area (Å²) in [4.78, 5) is 46.9. The summed E-state index contributed by atoms with van der Waals surface area (Å²) >= 11 is 0. The first-order chi connectivity index (χ1) is 22.7. The Kier molecular flexibility index (Phi) is 10.6. The molecule has 0 N–H and O–H groups in total. The third-order valence-electron chi connectivity index (χ3n) is 7.79. The van der Waals surface area contributed by atoms with Crippen molar-refractivity contribution in [2.75, 3.05) is 19.8 Å². The third-order valence-corrected chi connectivity index (χ3v) is 7.79. The molecule has 4 unspecified atom stereocenters. The number of hydrogen-bond donors (Lipinski definition) is 0. The maximum atomic E-state index is 14.0. The second-order valence-corrected chi connectivity index (χ2v) is 10.8. The smallest absolute Gasteiger partial charge is 0.340 e. The Morgan fingerprint density at radius 1 is 0.766 bits per heavy atom. The van der Waals surface area contributed by atoms with Crippen LogP contribution in [0, 0.1) is 37.9 Å². The highest BCUT2D eigenvalue weighted by molar-refractivity contribution is 5.90. The van der Waals surface area contributed by atoms with Gasteiger partial charge in [-0.1, -0.05) is 42.5 Å². The van der Waals surface area contributed by atoms with E-state index < -0.39 is 51.6 Å². The van der Waals surface area contributed by atoms with Gasteiger partial charge in [-0.05, 0) is 47.5 Å². The number of non-ortho nitro benzene ring substituents is 2. The molecule has 4 atom stereocenters. The van der Waals surface area contributed by atoms with Gasteiger partial charge in [-0.25, -0.2) is 14.0 Å². The molecule has 47 heavy (non-hydrogen) atoms. The van der Waals surface area contributed by atoms with Crippen molar-refractivity contribution in [2.24, 2.45) is 11.8 Å². The van der Waals surface area contributed by atoms with Crippen molar-refractivity contribution in [1.29, 1.82) is 0 Å². The molecule has 4 aromatic rings. The highest BCUT2D eigenvalue weighted by Gasteiger charge is 2.44. The molecule has 1 heterocycles. The van der Waals surface area contributed by atoms with Gasteiger partial charge in [-0.2, -0.15) is 0 Å². The van der Waals surface area contributed by atoms with Crippen LogP contribution in [0.4, 0.5) is 15.8 Å². The predicted octanol–water partition coefficient (Wildman–Crippen LogP) is 6.25. The largest absolute Gasteiger partial charge is 0.462 e. The lowest BCUT2D eigenvalue weighted by atomic mass is 9.76. The first kappa shape index (κ1) is 32.9. The molecule has 0 bridgehead atoms. The van der Waals surface area contributed by atoms with Gasteiger partial charge >= 0.3 is 11.9 Å². The second-order valence-electron chi connectivity index (χ2n) is 10.8. The number of nitro groups is 2. The van der Waals surface area contributed by atoms with Crippen molar-refractivity contribution >= 4 is 23.3 Å². The maximum absolute atomic E-state index is 14.0. The molecule has 1 fully saturated rings. The summed E-state index contributed by atoms with van der Waals surface area (Å²) in [5.41, 5.74) is 1.31. The van der Waals surface area contributed by atoms with Crippen molar-refractivity contribution in [3.05, 3.63) is 151 Å². The van der Waals surface area contributed by atoms with E-state index in [1.165, 1.54) is 60.7 Å². The number of hydrogen-bond acceptors (Lipinski definition) is 10. The van der Waals surface area contributed by atoms with E-state index in [-0.39, 0.29) is 48.9 Å². The van der Waals surface area contributed by atoms with Gasteiger partial charge in [0.15, 0.2) is 0 Å². The van der Waals surface area contributed by atoms with Crippen LogP contribution in [0.5, 0.6) is 0 Å². The number of halogens is 1. The lowest BCUT2D eigenvalue weighted by Gasteiger charge is -2.42. The quantitative estimate of drug-likeness (QED) is 0.0981. The summed E-state index contributed by atoms with van der Waals surface area (Å²) < 4.78 is 37.6. The van der Waals surface area contributed by atoms with Crippen LogP contribution < -0.4 is 0 Å². The number of nitro benzene ring substituents is 2. The molecule has 4 aromatic carbocycles. The Balaban J connectivity index is 1.39. The van der Waals surface area contributed by atoms with Crippen molar-refractivity contribution in [1.82, 2.24) is 0 Å². The second kappa shape index (κ2) is 15.2. The van der Waals surface area contributed by atoms with Crippen molar-refractivity contribution < 1.29 is 42.8 Å². The van der Waals surface area contributed by atoms with Gasteiger partial charge in [0.25, 0.3) is 11.4 Å². The van der Waals surface area contributed by atoms with Gasteiger partial charge in [0.2, 0.25) is 6.29 Å². The van der Waals surface area contributed by atoms with Gasteiger partial charge in [0.1, 0.15) is 5.82 Å². The normalized spacial score (nSPS) is 19.0. The first-order valence-electron chi connectivity index (χ1n) is 14.6. The van der Waals surface area contributed by atoms with E-state index in [1.54, 1.807) is 12.1 Å². The lowest BCUT2D eigenvalue weighted by Crippen LogP contribution is -2.46. The Morgan fingerprint density at radius 2 is 1.34 bits per heavy atom. The topological polar surface area (TPSA) is 157 Å². The molecule has 1 saturated heterocycles. The number of carbonyl (C=O) groups excluding carboxylic acids is 2. The van der Waals surface area contributed by atoms with Crippen molar-refractivity contribution in [3.63, 3.8) is 0 Å². The molecule has 0 aromatic heterocycles. The SMILES string of the molecule is O=C(OCC1COC(OC(=O)c2ccc([N+](=O)[O-])cc2)C(c2ccc(F)cc2)C1COCc1ccccc1)c1ccc([N+](=O)[O-])cc1. The van der Waals surface area contributed by atoms with E-state index >= 15 is 0 Å². The molecule has 0 aliphatic carbocycles. The Morgan fingerprint density at radius 3 is 1.91 bits per heavy atom. The number of esters is 2. The van der Waals surface area contributed by atoms with Crippen molar-refractivity contribution in [3.8, 4) is 0 Å². The van der Waals surface area contributed by atoms with Crippen LogP contribution in [0.25, 0.3) is 0 Å². The molecule has 0 amide bonds. The summed E-state index contributed by atoms with van der Waals surface area (Å²) in [6, 6.07) is 25.0. The van der Waals surface area contributed by atoms with Crippen LogP contribution in [0.1, 0.15) is 37.8 Å². The number of carbonyl (C=O) groups is 2. The van der Waals surface area contributed by atoms with Gasteiger partial charge in [-0.3, -0.25) is 20.2 Å². The Bertz CT molecular complexity index is 1700. The number of ether oxygens (including phenoxy) is 4. The Hall–Kier alpha value is -5.53. The lowest BCUT2D eigenvalue weighted by molar-refractivity contribution is -0.385. The summed E-state index contributed by atoms with van der Waals surface area (Å²) in [7, 11) is 0. The highest BCUT2D eigenvalue weighted by Crippen LogP contribution is 2.41. The summed E-state index contributed by atoms with van der Waals surface area (Å²) in [6.45, 7) is 0.237. The fourth-order valence-electron chi connectivity index (χ4n) is 5.31. The van der Waals surface area contributed by atoms with Gasteiger partial charge in [-0.15, -0.1) is 0 Å². The van der Waals surface area contributed by atoms with E-state index in [0.717, 1.165) is 5.56 Å². The maximum Gasteiger partial charge on any atom is 0.340 e. The zero-order valence-corrected chi connectivity index (χ0v) is 24.8. The summed E-state index contributed by atoms with van der Waals surface area (Å²) in [5, 5.41) is 22.0. The molecule has 0 spiro atoms. The fraction of sp³-hybridized carbons (Fsp3) is 0.235. The number of benzene rings is 4. The molecule has 13 heteroatoms. The molecule has 242 valence electrons. The van der Waals surface area contributed by atoms with Crippen LogP contribution >= 0.6 is 0 Å². The highest BCUT2D eigenvalue weighted by atomic mass is 19.1. The van der Waals surface area contributed by atoms with E-state index in [1.807, 2.05) is 30.3 Å².